The van der Waals surface area contributed by atoms with Crippen molar-refractivity contribution in [3.63, 3.8) is 0 Å². The highest BCUT2D eigenvalue weighted by Gasteiger charge is 2.28. The third-order valence-electron chi connectivity index (χ3n) is 4.48. The van der Waals surface area contributed by atoms with E-state index in [1.165, 1.54) is 31.2 Å². The molecule has 2 nitrogen and oxygen atoms in total. The van der Waals surface area contributed by atoms with Crippen LogP contribution >= 0.6 is 0 Å². The van der Waals surface area contributed by atoms with Gasteiger partial charge in [-0.15, -0.1) is 0 Å². The van der Waals surface area contributed by atoms with Gasteiger partial charge in [-0.05, 0) is 48.6 Å². The smallest absolute Gasteiger partial charge is 0.310 e. The molecule has 2 unspecified atom stereocenters. The average Bonchev–Trinajstić information content (AvgIpc) is 2.37. The van der Waals surface area contributed by atoms with Crippen molar-refractivity contribution < 1.29 is 9.90 Å². The Kier molecular flexibility index (Phi) is 3.98. The number of benzene rings is 1. The molecule has 0 spiro atoms. The third kappa shape index (κ3) is 3.37. The number of aliphatic carboxylic acids is 1. The van der Waals surface area contributed by atoms with E-state index in [0.29, 0.717) is 11.3 Å². The van der Waals surface area contributed by atoms with E-state index in [4.69, 9.17) is 5.11 Å². The molecule has 1 aliphatic rings. The van der Waals surface area contributed by atoms with Crippen LogP contribution in [0.3, 0.4) is 0 Å². The summed E-state index contributed by atoms with van der Waals surface area (Å²) in [5.74, 6) is -0.540. The van der Waals surface area contributed by atoms with Gasteiger partial charge in [0.1, 0.15) is 0 Å². The first-order chi connectivity index (χ1) is 8.89. The molecule has 0 aliphatic heterocycles. The molecule has 0 bridgehead atoms. The first-order valence-corrected chi connectivity index (χ1v) is 7.22. The zero-order valence-corrected chi connectivity index (χ0v) is 12.1. The van der Waals surface area contributed by atoms with E-state index in [1.807, 2.05) is 12.1 Å². The van der Waals surface area contributed by atoms with Gasteiger partial charge < -0.3 is 5.11 Å². The first kappa shape index (κ1) is 14.1. The highest BCUT2D eigenvalue weighted by atomic mass is 16.4. The number of hydrogen-bond acceptors (Lipinski definition) is 1. The molecule has 0 radical (unpaired) electrons. The molecule has 104 valence electrons. The summed E-state index contributed by atoms with van der Waals surface area (Å²) in [7, 11) is 0. The van der Waals surface area contributed by atoms with Crippen LogP contribution in [-0.4, -0.2) is 11.1 Å². The van der Waals surface area contributed by atoms with E-state index in [0.717, 1.165) is 5.56 Å². The summed E-state index contributed by atoms with van der Waals surface area (Å²) in [4.78, 5) is 11.0. The van der Waals surface area contributed by atoms with E-state index in [1.54, 1.807) is 6.92 Å². The molecule has 1 fully saturated rings. The van der Waals surface area contributed by atoms with Crippen LogP contribution in [0.1, 0.15) is 69.4 Å². The summed E-state index contributed by atoms with van der Waals surface area (Å²) in [6.45, 7) is 6.43. The Labute approximate surface area is 115 Å². The third-order valence-corrected chi connectivity index (χ3v) is 4.48. The van der Waals surface area contributed by atoms with Gasteiger partial charge in [-0.1, -0.05) is 44.5 Å². The summed E-state index contributed by atoms with van der Waals surface area (Å²) >= 11 is 0. The Morgan fingerprint density at radius 3 is 2.47 bits per heavy atom. The summed E-state index contributed by atoms with van der Waals surface area (Å²) in [6.07, 6.45) is 5.11. The maximum absolute atomic E-state index is 11.0. The summed E-state index contributed by atoms with van der Waals surface area (Å²) < 4.78 is 0. The van der Waals surface area contributed by atoms with Crippen LogP contribution in [0.4, 0.5) is 0 Å². The molecule has 2 heteroatoms. The number of carbonyl (C=O) groups is 1. The number of carboxylic acids is 1. The van der Waals surface area contributed by atoms with Crippen LogP contribution in [0.2, 0.25) is 0 Å². The first-order valence-electron chi connectivity index (χ1n) is 7.22. The predicted octanol–water partition coefficient (Wildman–Crippen LogP) is 4.56. The highest BCUT2D eigenvalue weighted by molar-refractivity contribution is 5.75. The summed E-state index contributed by atoms with van der Waals surface area (Å²) in [5.41, 5.74) is 2.70. The maximum atomic E-state index is 11.0. The second kappa shape index (κ2) is 5.36. The quantitative estimate of drug-likeness (QED) is 0.865. The Hall–Kier alpha value is -1.31. The normalized spacial score (nSPS) is 23.8. The molecule has 1 aromatic carbocycles. The molecule has 0 aromatic heterocycles. The topological polar surface area (TPSA) is 37.3 Å². The molecule has 19 heavy (non-hydrogen) atoms. The minimum Gasteiger partial charge on any atom is -0.481 e. The fourth-order valence-electron chi connectivity index (χ4n) is 3.18. The lowest BCUT2D eigenvalue weighted by Crippen LogP contribution is -2.21. The highest BCUT2D eigenvalue weighted by Crippen LogP contribution is 2.43. The zero-order chi connectivity index (χ0) is 14.0. The number of rotatable bonds is 3. The second-order valence-corrected chi connectivity index (χ2v) is 6.68. The van der Waals surface area contributed by atoms with Gasteiger partial charge in [-0.25, -0.2) is 0 Å². The van der Waals surface area contributed by atoms with Crippen molar-refractivity contribution in [3.8, 4) is 0 Å². The fourth-order valence-corrected chi connectivity index (χ4v) is 3.18. The molecule has 1 aromatic rings. The van der Waals surface area contributed by atoms with E-state index in [9.17, 15) is 4.79 Å². The minimum absolute atomic E-state index is 0.420. The van der Waals surface area contributed by atoms with Gasteiger partial charge in [0.15, 0.2) is 0 Å². The van der Waals surface area contributed by atoms with Crippen LogP contribution in [0.5, 0.6) is 0 Å². The second-order valence-electron chi connectivity index (χ2n) is 6.68. The van der Waals surface area contributed by atoms with Gasteiger partial charge in [0, 0.05) is 0 Å². The van der Waals surface area contributed by atoms with Gasteiger partial charge in [0.05, 0.1) is 5.92 Å². The van der Waals surface area contributed by atoms with Gasteiger partial charge in [-0.3, -0.25) is 4.79 Å². The molecule has 2 rings (SSSR count). The van der Waals surface area contributed by atoms with Crippen molar-refractivity contribution in [1.29, 1.82) is 0 Å². The lowest BCUT2D eigenvalue weighted by atomic mass is 9.70. The van der Waals surface area contributed by atoms with Crippen LogP contribution in [0.15, 0.2) is 24.3 Å². The van der Waals surface area contributed by atoms with Crippen LogP contribution in [0, 0.1) is 5.41 Å². The molecule has 0 heterocycles. The van der Waals surface area contributed by atoms with Crippen LogP contribution < -0.4 is 0 Å². The molecule has 2 atom stereocenters. The van der Waals surface area contributed by atoms with Crippen molar-refractivity contribution in [3.05, 3.63) is 35.4 Å². The predicted molar refractivity (Wildman–Crippen MR) is 77.5 cm³/mol. The van der Waals surface area contributed by atoms with E-state index in [2.05, 4.69) is 26.0 Å². The molecule has 0 amide bonds. The van der Waals surface area contributed by atoms with E-state index >= 15 is 0 Å². The van der Waals surface area contributed by atoms with E-state index < -0.39 is 11.9 Å². The van der Waals surface area contributed by atoms with Gasteiger partial charge in [-0.2, -0.15) is 0 Å². The average molecular weight is 260 g/mol. The lowest BCUT2D eigenvalue weighted by Gasteiger charge is -2.35. The molecule has 1 aliphatic carbocycles. The van der Waals surface area contributed by atoms with Gasteiger partial charge in [0.2, 0.25) is 0 Å². The molecule has 1 N–H and O–H groups in total. The van der Waals surface area contributed by atoms with Crippen LogP contribution in [-0.2, 0) is 4.79 Å². The van der Waals surface area contributed by atoms with Gasteiger partial charge in [0.25, 0.3) is 0 Å². The van der Waals surface area contributed by atoms with Gasteiger partial charge >= 0.3 is 5.97 Å². The Morgan fingerprint density at radius 1 is 1.32 bits per heavy atom. The number of hydrogen-bond donors (Lipinski definition) is 1. The Morgan fingerprint density at radius 2 is 1.95 bits per heavy atom. The molecular weight excluding hydrogens is 236 g/mol. The van der Waals surface area contributed by atoms with E-state index in [-0.39, 0.29) is 0 Å². The molecular formula is C17H24O2. The Balaban J connectivity index is 2.12. The van der Waals surface area contributed by atoms with Crippen molar-refractivity contribution in [2.45, 2.75) is 58.3 Å². The summed E-state index contributed by atoms with van der Waals surface area (Å²) in [6, 6.07) is 8.22. The maximum Gasteiger partial charge on any atom is 0.310 e. The fraction of sp³-hybridized carbons (Fsp3) is 0.588. The Bertz CT molecular complexity index is 445. The molecule has 0 saturated heterocycles. The summed E-state index contributed by atoms with van der Waals surface area (Å²) in [5, 5.41) is 9.02. The largest absolute Gasteiger partial charge is 0.481 e. The molecule has 1 saturated carbocycles. The zero-order valence-electron chi connectivity index (χ0n) is 12.1. The van der Waals surface area contributed by atoms with Crippen molar-refractivity contribution in [2.24, 2.45) is 5.41 Å². The van der Waals surface area contributed by atoms with Crippen LogP contribution in [0.25, 0.3) is 0 Å². The lowest BCUT2D eigenvalue weighted by molar-refractivity contribution is -0.138. The standard InChI is InChI=1S/C17H24O2/c1-12(16(18)19)13-6-8-14(9-7-13)15-5-4-10-17(2,3)11-15/h6-9,12,15H,4-5,10-11H2,1-3H3,(H,18,19). The van der Waals surface area contributed by atoms with Crippen molar-refractivity contribution in [1.82, 2.24) is 0 Å². The minimum atomic E-state index is -0.758. The van der Waals surface area contributed by atoms with Crippen molar-refractivity contribution in [2.75, 3.05) is 0 Å². The monoisotopic (exact) mass is 260 g/mol. The number of carboxylic acid groups (broad SMARTS) is 1. The van der Waals surface area contributed by atoms with Crippen molar-refractivity contribution >= 4 is 5.97 Å². The SMILES string of the molecule is CC(C(=O)O)c1ccc(C2CCCC(C)(C)C2)cc1.